The second kappa shape index (κ2) is 4.85. The molecule has 0 aliphatic carbocycles. The van der Waals surface area contributed by atoms with Crippen molar-refractivity contribution >= 4 is 17.1 Å². The molecule has 0 aliphatic heterocycles. The summed E-state index contributed by atoms with van der Waals surface area (Å²) in [6.07, 6.45) is 0. The number of alkyl halides is 2. The molecule has 7 nitrogen and oxygen atoms in total. The first-order valence-corrected chi connectivity index (χ1v) is 5.83. The van der Waals surface area contributed by atoms with E-state index in [2.05, 4.69) is 24.7 Å². The van der Waals surface area contributed by atoms with E-state index < -0.39 is 12.2 Å². The van der Waals surface area contributed by atoms with E-state index in [1.807, 2.05) is 0 Å². The maximum absolute atomic E-state index is 12.1. The molecule has 3 rings (SSSR count). The van der Waals surface area contributed by atoms with Crippen LogP contribution >= 0.6 is 0 Å². The van der Waals surface area contributed by atoms with Gasteiger partial charge in [-0.25, -0.2) is 4.98 Å². The Bertz CT molecular complexity index is 841. The summed E-state index contributed by atoms with van der Waals surface area (Å²) < 4.78 is 28.4. The molecule has 0 bridgehead atoms. The van der Waals surface area contributed by atoms with Gasteiger partial charge in [0.2, 0.25) is 5.95 Å². The molecule has 2 aromatic heterocycles. The van der Waals surface area contributed by atoms with Crippen molar-refractivity contribution in [3.63, 3.8) is 0 Å². The number of nitrogen functional groups attached to an aromatic ring is 1. The van der Waals surface area contributed by atoms with E-state index in [1.165, 1.54) is 24.3 Å². The number of aromatic amines is 2. The van der Waals surface area contributed by atoms with Crippen LogP contribution in [0.3, 0.4) is 0 Å². The zero-order valence-corrected chi connectivity index (χ0v) is 10.4. The summed E-state index contributed by atoms with van der Waals surface area (Å²) in [6, 6.07) is 5.82. The van der Waals surface area contributed by atoms with Gasteiger partial charge in [0.25, 0.3) is 5.56 Å². The van der Waals surface area contributed by atoms with Crippen molar-refractivity contribution in [1.82, 2.24) is 19.9 Å². The molecule has 0 aliphatic rings. The number of nitrogens with one attached hydrogen (secondary N) is 2. The van der Waals surface area contributed by atoms with Crippen molar-refractivity contribution in [1.29, 1.82) is 0 Å². The summed E-state index contributed by atoms with van der Waals surface area (Å²) in [5, 5.41) is 0. The molecule has 0 amide bonds. The fourth-order valence-corrected chi connectivity index (χ4v) is 1.86. The molecular formula is C12H9F2N5O2. The zero-order valence-electron chi connectivity index (χ0n) is 10.4. The summed E-state index contributed by atoms with van der Waals surface area (Å²) in [4.78, 5) is 24.9. The first-order chi connectivity index (χ1) is 10.0. The fraction of sp³-hybridized carbons (Fsp3) is 0.0833. The van der Waals surface area contributed by atoms with Crippen molar-refractivity contribution in [3.05, 3.63) is 34.6 Å². The average Bonchev–Trinajstić information content (AvgIpc) is 2.83. The highest BCUT2D eigenvalue weighted by Gasteiger charge is 2.11. The molecular weight excluding hydrogens is 284 g/mol. The molecule has 0 atom stereocenters. The van der Waals surface area contributed by atoms with Gasteiger partial charge in [-0.05, 0) is 24.3 Å². The number of rotatable bonds is 3. The Labute approximate surface area is 115 Å². The summed E-state index contributed by atoms with van der Waals surface area (Å²) in [7, 11) is 0. The van der Waals surface area contributed by atoms with E-state index in [0.717, 1.165) is 0 Å². The molecule has 0 radical (unpaired) electrons. The van der Waals surface area contributed by atoms with Crippen LogP contribution in [0.2, 0.25) is 0 Å². The number of halogens is 2. The molecule has 0 saturated heterocycles. The average molecular weight is 293 g/mol. The minimum absolute atomic E-state index is 0.0325. The van der Waals surface area contributed by atoms with E-state index in [-0.39, 0.29) is 22.9 Å². The number of hydrogen-bond donors (Lipinski definition) is 3. The third-order valence-corrected chi connectivity index (χ3v) is 2.73. The lowest BCUT2D eigenvalue weighted by atomic mass is 10.2. The Morgan fingerprint density at radius 1 is 1.14 bits per heavy atom. The molecule has 0 unspecified atom stereocenters. The van der Waals surface area contributed by atoms with Gasteiger partial charge in [0.05, 0.1) is 0 Å². The molecule has 3 aromatic rings. The van der Waals surface area contributed by atoms with Crippen molar-refractivity contribution in [2.75, 3.05) is 5.73 Å². The molecule has 4 N–H and O–H groups in total. The number of ether oxygens (including phenoxy) is 1. The molecule has 2 heterocycles. The number of benzene rings is 1. The zero-order chi connectivity index (χ0) is 15.0. The van der Waals surface area contributed by atoms with E-state index >= 15 is 0 Å². The first-order valence-electron chi connectivity index (χ1n) is 5.83. The maximum Gasteiger partial charge on any atom is 0.387 e. The SMILES string of the molecule is Nc1nc2nc(-c3ccc(OC(F)F)cc3)[nH]c2c(=O)[nH]1. The molecule has 9 heteroatoms. The lowest BCUT2D eigenvalue weighted by Crippen LogP contribution is -2.10. The van der Waals surface area contributed by atoms with Crippen LogP contribution in [0, 0.1) is 0 Å². The summed E-state index contributed by atoms with van der Waals surface area (Å²) in [6.45, 7) is -2.88. The highest BCUT2D eigenvalue weighted by atomic mass is 19.3. The molecule has 1 aromatic carbocycles. The minimum Gasteiger partial charge on any atom is -0.435 e. The Hall–Kier alpha value is -2.97. The van der Waals surface area contributed by atoms with Gasteiger partial charge in [0.15, 0.2) is 11.2 Å². The predicted molar refractivity (Wildman–Crippen MR) is 71.0 cm³/mol. The normalized spacial score (nSPS) is 11.2. The fourth-order valence-electron chi connectivity index (χ4n) is 1.86. The second-order valence-corrected chi connectivity index (χ2v) is 4.14. The van der Waals surface area contributed by atoms with Gasteiger partial charge in [-0.1, -0.05) is 0 Å². The van der Waals surface area contributed by atoms with Gasteiger partial charge >= 0.3 is 6.61 Å². The van der Waals surface area contributed by atoms with Crippen molar-refractivity contribution in [2.45, 2.75) is 6.61 Å². The highest BCUT2D eigenvalue weighted by molar-refractivity contribution is 5.75. The predicted octanol–water partition coefficient (Wildman–Crippen LogP) is 1.50. The Morgan fingerprint density at radius 2 is 1.86 bits per heavy atom. The van der Waals surface area contributed by atoms with Crippen LogP contribution in [0.5, 0.6) is 5.75 Å². The van der Waals surface area contributed by atoms with Gasteiger partial charge in [-0.15, -0.1) is 0 Å². The van der Waals surface area contributed by atoms with Crippen molar-refractivity contribution < 1.29 is 13.5 Å². The quantitative estimate of drug-likeness (QED) is 0.678. The van der Waals surface area contributed by atoms with E-state index in [9.17, 15) is 13.6 Å². The number of fused-ring (bicyclic) bond motifs is 1. The third-order valence-electron chi connectivity index (χ3n) is 2.73. The summed E-state index contributed by atoms with van der Waals surface area (Å²) in [5.74, 6) is 0.369. The van der Waals surface area contributed by atoms with Crippen molar-refractivity contribution in [2.24, 2.45) is 0 Å². The molecule has 21 heavy (non-hydrogen) atoms. The number of nitrogens with two attached hydrogens (primary N) is 1. The van der Waals surface area contributed by atoms with Gasteiger partial charge in [0.1, 0.15) is 11.6 Å². The molecule has 108 valence electrons. The van der Waals surface area contributed by atoms with Crippen LogP contribution < -0.4 is 16.0 Å². The summed E-state index contributed by atoms with van der Waals surface area (Å²) >= 11 is 0. The van der Waals surface area contributed by atoms with Gasteiger partial charge < -0.3 is 15.5 Å². The van der Waals surface area contributed by atoms with Crippen molar-refractivity contribution in [3.8, 4) is 17.1 Å². The lowest BCUT2D eigenvalue weighted by molar-refractivity contribution is -0.0498. The lowest BCUT2D eigenvalue weighted by Gasteiger charge is -2.04. The Balaban J connectivity index is 2.00. The number of nitrogens with zero attached hydrogens (tertiary/aromatic N) is 2. The largest absolute Gasteiger partial charge is 0.435 e. The van der Waals surface area contributed by atoms with Crippen LogP contribution in [0.4, 0.5) is 14.7 Å². The van der Waals surface area contributed by atoms with E-state index in [4.69, 9.17) is 5.73 Å². The molecule has 0 fully saturated rings. The van der Waals surface area contributed by atoms with E-state index in [1.54, 1.807) is 0 Å². The van der Waals surface area contributed by atoms with Crippen LogP contribution in [0.25, 0.3) is 22.6 Å². The van der Waals surface area contributed by atoms with Crippen LogP contribution in [0.15, 0.2) is 29.1 Å². The maximum atomic E-state index is 12.1. The Kier molecular flexibility index (Phi) is 3.01. The number of imidazole rings is 1. The van der Waals surface area contributed by atoms with Gasteiger partial charge in [0, 0.05) is 5.56 Å². The standard InChI is InChI=1S/C12H9F2N5O2/c13-11(14)21-6-3-1-5(2-4-6)8-16-7-9(17-8)18-12(15)19-10(7)20/h1-4,11H,(H4,15,16,17,18,19,20). The number of anilines is 1. The topological polar surface area (TPSA) is 110 Å². The monoisotopic (exact) mass is 293 g/mol. The third kappa shape index (κ3) is 2.53. The second-order valence-electron chi connectivity index (χ2n) is 4.14. The number of H-pyrrole nitrogens is 2. The van der Waals surface area contributed by atoms with E-state index in [0.29, 0.717) is 11.4 Å². The Morgan fingerprint density at radius 3 is 2.52 bits per heavy atom. The smallest absolute Gasteiger partial charge is 0.387 e. The molecule has 0 saturated carbocycles. The van der Waals surface area contributed by atoms with Gasteiger partial charge in [-0.2, -0.15) is 13.8 Å². The van der Waals surface area contributed by atoms with Crippen LogP contribution in [0.1, 0.15) is 0 Å². The minimum atomic E-state index is -2.88. The molecule has 0 spiro atoms. The number of aromatic nitrogens is 4. The van der Waals surface area contributed by atoms with Gasteiger partial charge in [-0.3, -0.25) is 9.78 Å². The highest BCUT2D eigenvalue weighted by Crippen LogP contribution is 2.22. The summed E-state index contributed by atoms with van der Waals surface area (Å²) in [5.41, 5.74) is 5.95. The van der Waals surface area contributed by atoms with Crippen LogP contribution in [-0.4, -0.2) is 26.5 Å². The number of hydrogen-bond acceptors (Lipinski definition) is 5. The first kappa shape index (κ1) is 13.0. The van der Waals surface area contributed by atoms with Crippen LogP contribution in [-0.2, 0) is 0 Å².